The summed E-state index contributed by atoms with van der Waals surface area (Å²) in [4.78, 5) is 29.8. The highest BCUT2D eigenvalue weighted by Gasteiger charge is 2.40. The van der Waals surface area contributed by atoms with Crippen molar-refractivity contribution in [3.8, 4) is 11.8 Å². The van der Waals surface area contributed by atoms with Crippen molar-refractivity contribution in [2.24, 2.45) is 0 Å². The van der Waals surface area contributed by atoms with E-state index in [1.165, 1.54) is 24.1 Å². The van der Waals surface area contributed by atoms with E-state index in [9.17, 15) is 14.0 Å². The van der Waals surface area contributed by atoms with E-state index in [1.807, 2.05) is 12.1 Å². The van der Waals surface area contributed by atoms with Gasteiger partial charge in [-0.25, -0.2) is 4.39 Å². The Bertz CT molecular complexity index is 1360. The highest BCUT2D eigenvalue weighted by molar-refractivity contribution is 6.42. The molecule has 0 N–H and O–H groups in total. The molecule has 0 bridgehead atoms. The van der Waals surface area contributed by atoms with E-state index in [0.29, 0.717) is 27.7 Å². The Morgan fingerprint density at radius 2 is 1.72 bits per heavy atom. The monoisotopic (exact) mass is 525 g/mol. The molecule has 1 heterocycles. The van der Waals surface area contributed by atoms with E-state index in [1.54, 1.807) is 48.3 Å². The first-order valence-corrected chi connectivity index (χ1v) is 11.8. The highest BCUT2D eigenvalue weighted by Crippen LogP contribution is 2.35. The Hall–Kier alpha value is -3.60. The van der Waals surface area contributed by atoms with Gasteiger partial charge < -0.3 is 14.5 Å². The number of amides is 2. The molecule has 1 aliphatic heterocycles. The summed E-state index contributed by atoms with van der Waals surface area (Å²) in [5.41, 5.74) is 1.89. The van der Waals surface area contributed by atoms with Crippen LogP contribution in [-0.4, -0.2) is 54.9 Å². The third-order valence-electron chi connectivity index (χ3n) is 6.43. The fourth-order valence-electron chi connectivity index (χ4n) is 4.44. The van der Waals surface area contributed by atoms with Gasteiger partial charge in [-0.15, -0.1) is 0 Å². The van der Waals surface area contributed by atoms with Crippen LogP contribution in [0, 0.1) is 17.1 Å². The molecule has 9 heteroatoms. The van der Waals surface area contributed by atoms with Crippen molar-refractivity contribution in [3.05, 3.63) is 98.8 Å². The van der Waals surface area contributed by atoms with Gasteiger partial charge in [0, 0.05) is 37.2 Å². The minimum absolute atomic E-state index is 0.0444. The molecule has 0 aromatic heterocycles. The van der Waals surface area contributed by atoms with Gasteiger partial charge in [-0.05, 0) is 60.2 Å². The molecule has 2 unspecified atom stereocenters. The van der Waals surface area contributed by atoms with E-state index in [2.05, 4.69) is 0 Å². The lowest BCUT2D eigenvalue weighted by Crippen LogP contribution is -2.42. The number of rotatable bonds is 5. The van der Waals surface area contributed by atoms with Crippen molar-refractivity contribution in [1.29, 1.82) is 5.26 Å². The molecule has 3 aromatic rings. The predicted molar refractivity (Wildman–Crippen MR) is 135 cm³/mol. The smallest absolute Gasteiger partial charge is 0.254 e. The van der Waals surface area contributed by atoms with E-state index < -0.39 is 11.9 Å². The van der Waals surface area contributed by atoms with Crippen LogP contribution in [0.4, 0.5) is 4.39 Å². The summed E-state index contributed by atoms with van der Waals surface area (Å²) in [5.74, 6) is -1.47. The Labute approximate surface area is 218 Å². The number of halogens is 3. The molecule has 4 rings (SSSR count). The van der Waals surface area contributed by atoms with Crippen LogP contribution in [0.5, 0.6) is 5.75 Å². The fourth-order valence-corrected chi connectivity index (χ4v) is 4.75. The Morgan fingerprint density at radius 1 is 1.03 bits per heavy atom. The molecule has 3 aromatic carbocycles. The zero-order valence-corrected chi connectivity index (χ0v) is 21.1. The van der Waals surface area contributed by atoms with Gasteiger partial charge >= 0.3 is 0 Å². The lowest BCUT2D eigenvalue weighted by Gasteiger charge is -2.29. The van der Waals surface area contributed by atoms with E-state index in [0.717, 1.165) is 11.6 Å². The standard InChI is InChI=1S/C27H22Cl2FN3O3/c1-32(26(34)19-8-10-25(36-2)23(30)12-19)24-15-33(27(35)17-5-3-16(13-31)4-6-17)14-20(24)18-7-9-21(28)22(29)11-18/h3-12,20,24H,14-15H2,1-2H3. The Balaban J connectivity index is 1.65. The van der Waals surface area contributed by atoms with Crippen LogP contribution in [0.1, 0.15) is 37.8 Å². The van der Waals surface area contributed by atoms with Crippen molar-refractivity contribution >= 4 is 35.0 Å². The third kappa shape index (κ3) is 5.01. The van der Waals surface area contributed by atoms with E-state index >= 15 is 0 Å². The Morgan fingerprint density at radius 3 is 2.33 bits per heavy atom. The zero-order valence-electron chi connectivity index (χ0n) is 19.5. The number of hydrogen-bond donors (Lipinski definition) is 0. The van der Waals surface area contributed by atoms with Gasteiger partial charge in [-0.3, -0.25) is 9.59 Å². The fraction of sp³-hybridized carbons (Fsp3) is 0.222. The average molecular weight is 526 g/mol. The maximum atomic E-state index is 14.3. The maximum absolute atomic E-state index is 14.3. The lowest BCUT2D eigenvalue weighted by molar-refractivity contribution is 0.0695. The van der Waals surface area contributed by atoms with Gasteiger partial charge in [0.05, 0.1) is 34.8 Å². The molecule has 2 amide bonds. The van der Waals surface area contributed by atoms with Crippen molar-refractivity contribution in [1.82, 2.24) is 9.80 Å². The van der Waals surface area contributed by atoms with Gasteiger partial charge in [0.15, 0.2) is 11.6 Å². The average Bonchev–Trinajstić information content (AvgIpc) is 3.34. The van der Waals surface area contributed by atoms with Crippen LogP contribution in [-0.2, 0) is 0 Å². The molecule has 0 radical (unpaired) electrons. The Kier molecular flexibility index (Phi) is 7.48. The second kappa shape index (κ2) is 10.6. The van der Waals surface area contributed by atoms with Crippen LogP contribution in [0.2, 0.25) is 10.0 Å². The third-order valence-corrected chi connectivity index (χ3v) is 7.16. The molecule has 36 heavy (non-hydrogen) atoms. The number of benzene rings is 3. The second-order valence-corrected chi connectivity index (χ2v) is 9.33. The van der Waals surface area contributed by atoms with Crippen LogP contribution < -0.4 is 4.74 Å². The first kappa shape index (κ1) is 25.5. The molecule has 1 fully saturated rings. The van der Waals surface area contributed by atoms with Gasteiger partial charge in [-0.1, -0.05) is 29.3 Å². The minimum atomic E-state index is -0.637. The SMILES string of the molecule is COc1ccc(C(=O)N(C)C2CN(C(=O)c3ccc(C#N)cc3)CC2c2ccc(Cl)c(Cl)c2)cc1F. The molecule has 1 saturated heterocycles. The van der Waals surface area contributed by atoms with Crippen molar-refractivity contribution in [3.63, 3.8) is 0 Å². The molecular weight excluding hydrogens is 504 g/mol. The lowest BCUT2D eigenvalue weighted by atomic mass is 9.93. The van der Waals surface area contributed by atoms with Crippen LogP contribution >= 0.6 is 23.2 Å². The maximum Gasteiger partial charge on any atom is 0.254 e. The first-order valence-electron chi connectivity index (χ1n) is 11.1. The van der Waals surface area contributed by atoms with Crippen molar-refractivity contribution < 1.29 is 18.7 Å². The summed E-state index contributed by atoms with van der Waals surface area (Å²) in [6, 6.07) is 17.3. The summed E-state index contributed by atoms with van der Waals surface area (Å²) in [6.07, 6.45) is 0. The molecule has 0 aliphatic carbocycles. The molecule has 0 spiro atoms. The molecule has 1 aliphatic rings. The number of methoxy groups -OCH3 is 1. The quantitative estimate of drug-likeness (QED) is 0.447. The normalized spacial score (nSPS) is 16.9. The molecule has 0 saturated carbocycles. The zero-order chi connectivity index (χ0) is 26.0. The number of ether oxygens (including phenoxy) is 1. The van der Waals surface area contributed by atoms with Gasteiger partial charge in [0.2, 0.25) is 0 Å². The molecular formula is C27H22Cl2FN3O3. The van der Waals surface area contributed by atoms with Gasteiger partial charge in [0.1, 0.15) is 0 Å². The largest absolute Gasteiger partial charge is 0.494 e. The van der Waals surface area contributed by atoms with E-state index in [-0.39, 0.29) is 35.6 Å². The predicted octanol–water partition coefficient (Wildman–Crippen LogP) is 5.39. The number of carbonyl (C=O) groups excluding carboxylic acids is 2. The van der Waals surface area contributed by atoms with Crippen molar-refractivity contribution in [2.75, 3.05) is 27.2 Å². The number of hydrogen-bond acceptors (Lipinski definition) is 4. The molecule has 2 atom stereocenters. The van der Waals surface area contributed by atoms with Crippen LogP contribution in [0.3, 0.4) is 0 Å². The summed E-state index contributed by atoms with van der Waals surface area (Å²) in [5, 5.41) is 9.81. The number of likely N-dealkylation sites (tertiary alicyclic amines) is 1. The topological polar surface area (TPSA) is 73.6 Å². The number of nitrogens with zero attached hydrogens (tertiary/aromatic N) is 3. The number of likely N-dealkylation sites (N-methyl/N-ethyl adjacent to an activating group) is 1. The van der Waals surface area contributed by atoms with Gasteiger partial charge in [-0.2, -0.15) is 5.26 Å². The summed E-state index contributed by atoms with van der Waals surface area (Å²) in [7, 11) is 2.99. The molecule has 184 valence electrons. The number of carbonyl (C=O) groups is 2. The molecule has 6 nitrogen and oxygen atoms in total. The van der Waals surface area contributed by atoms with Crippen LogP contribution in [0.15, 0.2) is 60.7 Å². The summed E-state index contributed by atoms with van der Waals surface area (Å²) >= 11 is 12.4. The second-order valence-electron chi connectivity index (χ2n) is 8.51. The summed E-state index contributed by atoms with van der Waals surface area (Å²) in [6.45, 7) is 0.584. The summed E-state index contributed by atoms with van der Waals surface area (Å²) < 4.78 is 19.2. The minimum Gasteiger partial charge on any atom is -0.494 e. The number of nitriles is 1. The van der Waals surface area contributed by atoms with Crippen molar-refractivity contribution in [2.45, 2.75) is 12.0 Å². The highest BCUT2D eigenvalue weighted by atomic mass is 35.5. The first-order chi connectivity index (χ1) is 17.2. The van der Waals surface area contributed by atoms with Gasteiger partial charge in [0.25, 0.3) is 11.8 Å². The van der Waals surface area contributed by atoms with E-state index in [4.69, 9.17) is 33.2 Å². The van der Waals surface area contributed by atoms with Crippen LogP contribution in [0.25, 0.3) is 0 Å².